The maximum absolute atomic E-state index is 12.8. The predicted molar refractivity (Wildman–Crippen MR) is 115 cm³/mol. The van der Waals surface area contributed by atoms with Crippen LogP contribution >= 0.6 is 0 Å². The first-order valence-corrected chi connectivity index (χ1v) is 10.9. The molecule has 1 N–H and O–H groups in total. The number of rotatable bonds is 5. The van der Waals surface area contributed by atoms with Crippen LogP contribution in [0.1, 0.15) is 31.4 Å². The zero-order valence-electron chi connectivity index (χ0n) is 17.4. The maximum atomic E-state index is 12.8. The van der Waals surface area contributed by atoms with Gasteiger partial charge in [-0.25, -0.2) is 0 Å². The molecule has 3 heterocycles. The Balaban J connectivity index is 1.29. The van der Waals surface area contributed by atoms with Gasteiger partial charge in [-0.1, -0.05) is 18.2 Å². The van der Waals surface area contributed by atoms with Crippen molar-refractivity contribution in [2.45, 2.75) is 45.2 Å². The van der Waals surface area contributed by atoms with E-state index in [4.69, 9.17) is 0 Å². The van der Waals surface area contributed by atoms with Gasteiger partial charge in [0.1, 0.15) is 0 Å². The topological polar surface area (TPSA) is 40.5 Å². The van der Waals surface area contributed by atoms with Crippen molar-refractivity contribution in [3.8, 4) is 0 Å². The van der Waals surface area contributed by atoms with E-state index in [0.29, 0.717) is 12.6 Å². The molecule has 2 saturated heterocycles. The Morgan fingerprint density at radius 3 is 2.75 bits per heavy atom. The summed E-state index contributed by atoms with van der Waals surface area (Å²) < 4.78 is 2.31. The molecule has 28 heavy (non-hydrogen) atoms. The van der Waals surface area contributed by atoms with Crippen LogP contribution in [0.25, 0.3) is 10.9 Å². The Kier molecular flexibility index (Phi) is 6.02. The summed E-state index contributed by atoms with van der Waals surface area (Å²) in [7, 11) is 2.21. The highest BCUT2D eigenvalue weighted by Gasteiger charge is 2.30. The summed E-state index contributed by atoms with van der Waals surface area (Å²) in [6.45, 7) is 8.13. The van der Waals surface area contributed by atoms with Crippen molar-refractivity contribution in [2.24, 2.45) is 5.92 Å². The first kappa shape index (κ1) is 19.5. The number of piperidine rings is 2. The second-order valence-electron chi connectivity index (χ2n) is 8.66. The van der Waals surface area contributed by atoms with Crippen LogP contribution in [0.2, 0.25) is 0 Å². The molecule has 152 valence electrons. The minimum absolute atomic E-state index is 0.149. The minimum Gasteiger partial charge on any atom is -0.354 e. The summed E-state index contributed by atoms with van der Waals surface area (Å²) in [6.07, 6.45) is 4.65. The lowest BCUT2D eigenvalue weighted by Gasteiger charge is -2.41. The smallest absolute Gasteiger partial charge is 0.224 e. The number of likely N-dealkylation sites (tertiary alicyclic amines) is 2. The molecule has 1 aromatic heterocycles. The molecule has 1 atom stereocenters. The van der Waals surface area contributed by atoms with Crippen LogP contribution in [0.3, 0.4) is 0 Å². The Bertz CT molecular complexity index is 806. The van der Waals surface area contributed by atoms with Crippen LogP contribution in [0.4, 0.5) is 0 Å². The van der Waals surface area contributed by atoms with E-state index in [1.165, 1.54) is 42.5 Å². The summed E-state index contributed by atoms with van der Waals surface area (Å²) >= 11 is 0. The maximum Gasteiger partial charge on any atom is 0.224 e. The lowest BCUT2D eigenvalue weighted by atomic mass is 9.93. The molecule has 1 aromatic carbocycles. The Labute approximate surface area is 168 Å². The first-order valence-electron chi connectivity index (χ1n) is 10.9. The highest BCUT2D eigenvalue weighted by atomic mass is 16.1. The number of benzene rings is 1. The number of nitrogens with zero attached hydrogens (tertiary/aromatic N) is 3. The van der Waals surface area contributed by atoms with Gasteiger partial charge >= 0.3 is 0 Å². The molecule has 0 spiro atoms. The number of carbonyl (C=O) groups excluding carboxylic acids is 1. The van der Waals surface area contributed by atoms with Crippen molar-refractivity contribution in [3.05, 3.63) is 36.0 Å². The highest BCUT2D eigenvalue weighted by molar-refractivity contribution is 5.81. The van der Waals surface area contributed by atoms with E-state index >= 15 is 0 Å². The number of nitrogens with one attached hydrogen (secondary N) is 1. The number of aryl methyl sites for hydroxylation is 1. The zero-order chi connectivity index (χ0) is 19.5. The molecular weight excluding hydrogens is 348 g/mol. The van der Waals surface area contributed by atoms with Gasteiger partial charge < -0.3 is 14.8 Å². The molecule has 2 aliphatic heterocycles. The average Bonchev–Trinajstić information content (AvgIpc) is 3.04. The molecule has 5 nitrogen and oxygen atoms in total. The van der Waals surface area contributed by atoms with Gasteiger partial charge in [0.15, 0.2) is 0 Å². The number of amides is 1. The van der Waals surface area contributed by atoms with E-state index in [9.17, 15) is 4.79 Å². The molecule has 5 heteroatoms. The SMILES string of the molecule is Cc1cc2ccccc2n1CCNC(=O)C1CCCN(C2CCN(C)CC2)C1. The van der Waals surface area contributed by atoms with E-state index in [0.717, 1.165) is 32.5 Å². The second kappa shape index (κ2) is 8.66. The highest BCUT2D eigenvalue weighted by Crippen LogP contribution is 2.24. The fourth-order valence-electron chi connectivity index (χ4n) is 4.99. The summed E-state index contributed by atoms with van der Waals surface area (Å²) in [5.41, 5.74) is 2.50. The molecule has 0 saturated carbocycles. The zero-order valence-corrected chi connectivity index (χ0v) is 17.4. The van der Waals surface area contributed by atoms with E-state index in [1.54, 1.807) is 0 Å². The molecule has 0 bridgehead atoms. The number of hydrogen-bond donors (Lipinski definition) is 1. The van der Waals surface area contributed by atoms with E-state index in [-0.39, 0.29) is 11.8 Å². The van der Waals surface area contributed by atoms with Gasteiger partial charge in [0.25, 0.3) is 0 Å². The first-order chi connectivity index (χ1) is 13.6. The van der Waals surface area contributed by atoms with Crippen LogP contribution in [-0.2, 0) is 11.3 Å². The van der Waals surface area contributed by atoms with Crippen molar-refractivity contribution in [3.63, 3.8) is 0 Å². The minimum atomic E-state index is 0.149. The standard InChI is InChI=1S/C23H34N4O/c1-18-16-19-6-3-4-8-22(19)27(18)15-11-24-23(28)20-7-5-12-26(17-20)21-9-13-25(2)14-10-21/h3-4,6,8,16,20-21H,5,7,9-15,17H2,1-2H3,(H,24,28). The molecule has 1 unspecified atom stereocenters. The van der Waals surface area contributed by atoms with Crippen LogP contribution in [0, 0.1) is 12.8 Å². The van der Waals surface area contributed by atoms with Gasteiger partial charge in [0.2, 0.25) is 5.91 Å². The van der Waals surface area contributed by atoms with Crippen LogP contribution < -0.4 is 5.32 Å². The Morgan fingerprint density at radius 2 is 1.93 bits per heavy atom. The van der Waals surface area contributed by atoms with Crippen molar-refractivity contribution in [1.29, 1.82) is 0 Å². The molecule has 2 aliphatic rings. The van der Waals surface area contributed by atoms with E-state index in [2.05, 4.69) is 64.0 Å². The van der Waals surface area contributed by atoms with Gasteiger partial charge in [-0.15, -0.1) is 0 Å². The van der Waals surface area contributed by atoms with Gasteiger partial charge in [-0.2, -0.15) is 0 Å². The number of para-hydroxylation sites is 1. The van der Waals surface area contributed by atoms with Gasteiger partial charge in [0.05, 0.1) is 5.92 Å². The third-order valence-electron chi connectivity index (χ3n) is 6.68. The van der Waals surface area contributed by atoms with Crippen molar-refractivity contribution in [2.75, 3.05) is 39.8 Å². The summed E-state index contributed by atoms with van der Waals surface area (Å²) in [5.74, 6) is 0.391. The quantitative estimate of drug-likeness (QED) is 0.864. The molecule has 4 rings (SSSR count). The third-order valence-corrected chi connectivity index (χ3v) is 6.68. The largest absolute Gasteiger partial charge is 0.354 e. The molecule has 0 radical (unpaired) electrons. The number of hydrogen-bond acceptors (Lipinski definition) is 3. The monoisotopic (exact) mass is 382 g/mol. The second-order valence-corrected chi connectivity index (χ2v) is 8.66. The number of fused-ring (bicyclic) bond motifs is 1. The lowest BCUT2D eigenvalue weighted by molar-refractivity contribution is -0.127. The van der Waals surface area contributed by atoms with Crippen LogP contribution in [0.15, 0.2) is 30.3 Å². The molecular formula is C23H34N4O. The lowest BCUT2D eigenvalue weighted by Crippen LogP contribution is -2.50. The number of aromatic nitrogens is 1. The fourth-order valence-corrected chi connectivity index (χ4v) is 4.99. The summed E-state index contributed by atoms with van der Waals surface area (Å²) in [4.78, 5) is 17.8. The Hall–Kier alpha value is -1.85. The molecule has 0 aliphatic carbocycles. The third kappa shape index (κ3) is 4.26. The Morgan fingerprint density at radius 1 is 1.14 bits per heavy atom. The molecule has 2 aromatic rings. The average molecular weight is 383 g/mol. The van der Waals surface area contributed by atoms with Gasteiger partial charge in [-0.05, 0) is 76.8 Å². The van der Waals surface area contributed by atoms with Crippen LogP contribution in [0.5, 0.6) is 0 Å². The van der Waals surface area contributed by atoms with E-state index in [1.807, 2.05) is 0 Å². The fraction of sp³-hybridized carbons (Fsp3) is 0.609. The van der Waals surface area contributed by atoms with Crippen molar-refractivity contribution in [1.82, 2.24) is 19.7 Å². The van der Waals surface area contributed by atoms with Gasteiger partial charge in [0, 0.05) is 36.9 Å². The normalized spacial score (nSPS) is 22.6. The molecule has 1 amide bonds. The van der Waals surface area contributed by atoms with Crippen molar-refractivity contribution < 1.29 is 4.79 Å². The molecule has 2 fully saturated rings. The van der Waals surface area contributed by atoms with Gasteiger partial charge in [-0.3, -0.25) is 9.69 Å². The predicted octanol–water partition coefficient (Wildman–Crippen LogP) is 2.87. The number of carbonyl (C=O) groups is 1. The summed E-state index contributed by atoms with van der Waals surface area (Å²) in [5, 5.41) is 4.49. The van der Waals surface area contributed by atoms with Crippen molar-refractivity contribution >= 4 is 16.8 Å². The van der Waals surface area contributed by atoms with Crippen LogP contribution in [-0.4, -0.2) is 66.1 Å². The van der Waals surface area contributed by atoms with E-state index < -0.39 is 0 Å². The summed E-state index contributed by atoms with van der Waals surface area (Å²) in [6, 6.07) is 11.4.